The maximum absolute atomic E-state index is 12.1. The van der Waals surface area contributed by atoms with Crippen molar-refractivity contribution in [1.82, 2.24) is 0 Å². The number of hydrogen-bond acceptors (Lipinski definition) is 6. The van der Waals surface area contributed by atoms with Crippen LogP contribution in [0.25, 0.3) is 22.3 Å². The summed E-state index contributed by atoms with van der Waals surface area (Å²) in [6, 6.07) is 6.92. The van der Waals surface area contributed by atoms with Gasteiger partial charge in [0.05, 0.1) is 0 Å². The van der Waals surface area contributed by atoms with Gasteiger partial charge in [-0.1, -0.05) is 0 Å². The van der Waals surface area contributed by atoms with Crippen LogP contribution in [0.5, 0.6) is 23.0 Å². The van der Waals surface area contributed by atoms with Gasteiger partial charge in [-0.05, 0) is 30.7 Å². The summed E-state index contributed by atoms with van der Waals surface area (Å²) in [7, 11) is 0. The summed E-state index contributed by atoms with van der Waals surface area (Å²) in [6.07, 6.45) is 0. The lowest BCUT2D eigenvalue weighted by molar-refractivity contribution is 0.370. The highest BCUT2D eigenvalue weighted by Gasteiger charge is 2.17. The van der Waals surface area contributed by atoms with Gasteiger partial charge in [0.2, 0.25) is 5.75 Å². The van der Waals surface area contributed by atoms with E-state index < -0.39 is 22.7 Å². The van der Waals surface area contributed by atoms with E-state index in [9.17, 15) is 25.2 Å². The zero-order chi connectivity index (χ0) is 16.0. The highest BCUT2D eigenvalue weighted by Crippen LogP contribution is 2.40. The van der Waals surface area contributed by atoms with Crippen molar-refractivity contribution in [1.29, 1.82) is 0 Å². The molecule has 0 aliphatic heterocycles. The molecule has 0 aliphatic rings. The fourth-order valence-electron chi connectivity index (χ4n) is 2.23. The van der Waals surface area contributed by atoms with Gasteiger partial charge in [-0.3, -0.25) is 4.79 Å². The van der Waals surface area contributed by atoms with Crippen LogP contribution in [0.2, 0.25) is 0 Å². The minimum absolute atomic E-state index is 0.0546. The first-order chi connectivity index (χ1) is 10.4. The molecular weight excluding hydrogens is 288 g/mol. The molecule has 0 aliphatic carbocycles. The summed E-state index contributed by atoms with van der Waals surface area (Å²) < 4.78 is 5.53. The number of phenolic OH excluding ortho intramolecular Hbond substituents is 4. The second-order valence-electron chi connectivity index (χ2n) is 4.94. The molecule has 0 saturated carbocycles. The molecule has 22 heavy (non-hydrogen) atoms. The zero-order valence-electron chi connectivity index (χ0n) is 11.5. The van der Waals surface area contributed by atoms with Gasteiger partial charge in [0.1, 0.15) is 22.5 Å². The summed E-state index contributed by atoms with van der Waals surface area (Å²) in [6.45, 7) is 1.70. The molecule has 0 bridgehead atoms. The molecule has 0 spiro atoms. The van der Waals surface area contributed by atoms with E-state index in [1.54, 1.807) is 19.1 Å². The molecule has 0 saturated heterocycles. The monoisotopic (exact) mass is 300 g/mol. The van der Waals surface area contributed by atoms with E-state index in [4.69, 9.17) is 4.42 Å². The Morgan fingerprint density at radius 3 is 2.32 bits per heavy atom. The van der Waals surface area contributed by atoms with Crippen LogP contribution in [0, 0.1) is 6.92 Å². The maximum atomic E-state index is 12.1. The Balaban J connectivity index is 2.31. The normalized spacial score (nSPS) is 11.0. The van der Waals surface area contributed by atoms with Gasteiger partial charge in [0.25, 0.3) is 0 Å². The third-order valence-corrected chi connectivity index (χ3v) is 3.43. The van der Waals surface area contributed by atoms with Crippen LogP contribution in [-0.2, 0) is 0 Å². The van der Waals surface area contributed by atoms with Gasteiger partial charge in [0, 0.05) is 17.7 Å². The number of benzene rings is 2. The summed E-state index contributed by atoms with van der Waals surface area (Å²) >= 11 is 0. The van der Waals surface area contributed by atoms with Crippen LogP contribution in [0.3, 0.4) is 0 Å². The van der Waals surface area contributed by atoms with E-state index in [-0.39, 0.29) is 22.5 Å². The Morgan fingerprint density at radius 1 is 0.909 bits per heavy atom. The van der Waals surface area contributed by atoms with Crippen molar-refractivity contribution in [2.75, 3.05) is 0 Å². The predicted octanol–water partition coefficient (Wildman–Crippen LogP) is 2.59. The zero-order valence-corrected chi connectivity index (χ0v) is 11.5. The van der Waals surface area contributed by atoms with Gasteiger partial charge in [-0.2, -0.15) is 0 Å². The molecule has 0 unspecified atom stereocenters. The van der Waals surface area contributed by atoms with Crippen LogP contribution in [0.15, 0.2) is 39.5 Å². The molecule has 4 N–H and O–H groups in total. The highest BCUT2D eigenvalue weighted by molar-refractivity contribution is 5.89. The number of hydrogen-bond donors (Lipinski definition) is 4. The fourth-order valence-corrected chi connectivity index (χ4v) is 2.23. The Labute approximate surface area is 124 Å². The van der Waals surface area contributed by atoms with Crippen LogP contribution in [-0.4, -0.2) is 20.4 Å². The number of aromatic hydroxyl groups is 4. The van der Waals surface area contributed by atoms with Crippen molar-refractivity contribution in [2.24, 2.45) is 0 Å². The molecule has 6 nitrogen and oxygen atoms in total. The Hall–Kier alpha value is -3.15. The molecule has 0 atom stereocenters. The molecule has 112 valence electrons. The van der Waals surface area contributed by atoms with E-state index in [2.05, 4.69) is 0 Å². The smallest absolute Gasteiger partial charge is 0.201 e. The predicted molar refractivity (Wildman–Crippen MR) is 79.3 cm³/mol. The van der Waals surface area contributed by atoms with Gasteiger partial charge < -0.3 is 24.8 Å². The second kappa shape index (κ2) is 4.70. The molecule has 6 heteroatoms. The summed E-state index contributed by atoms with van der Waals surface area (Å²) in [5, 5.41) is 38.1. The van der Waals surface area contributed by atoms with Crippen LogP contribution >= 0.6 is 0 Å². The fraction of sp³-hybridized carbons (Fsp3) is 0.0625. The summed E-state index contributed by atoms with van der Waals surface area (Å²) in [5.41, 5.74) is 0.550. The Morgan fingerprint density at radius 2 is 1.64 bits per heavy atom. The first kappa shape index (κ1) is 13.8. The Bertz CT molecular complexity index is 955. The van der Waals surface area contributed by atoms with Crippen LogP contribution < -0.4 is 5.43 Å². The molecule has 1 aromatic heterocycles. The van der Waals surface area contributed by atoms with Crippen molar-refractivity contribution in [2.45, 2.75) is 6.92 Å². The molecule has 0 fully saturated rings. The van der Waals surface area contributed by atoms with Crippen molar-refractivity contribution in [3.63, 3.8) is 0 Å². The number of rotatable bonds is 1. The molecule has 0 radical (unpaired) electrons. The van der Waals surface area contributed by atoms with E-state index in [0.717, 1.165) is 6.07 Å². The molecule has 3 rings (SSSR count). The van der Waals surface area contributed by atoms with Gasteiger partial charge >= 0.3 is 0 Å². The third kappa shape index (κ3) is 2.01. The standard InChI is InChI=1S/C16H12O6/c1-7-4-8(2-3-9(7)17)12-5-10(18)14-13(22-12)6-11(19)15(20)16(14)21/h2-6,17,19-21H,1H3. The van der Waals surface area contributed by atoms with E-state index in [1.807, 2.05) is 0 Å². The number of fused-ring (bicyclic) bond motifs is 1. The van der Waals surface area contributed by atoms with Crippen molar-refractivity contribution < 1.29 is 24.8 Å². The quantitative estimate of drug-likeness (QED) is 0.514. The minimum Gasteiger partial charge on any atom is -0.508 e. The lowest BCUT2D eigenvalue weighted by Gasteiger charge is -2.08. The average Bonchev–Trinajstić information content (AvgIpc) is 2.47. The number of aryl methyl sites for hydroxylation is 1. The third-order valence-electron chi connectivity index (χ3n) is 3.43. The van der Waals surface area contributed by atoms with Gasteiger partial charge in [-0.25, -0.2) is 0 Å². The largest absolute Gasteiger partial charge is 0.508 e. The van der Waals surface area contributed by atoms with Crippen molar-refractivity contribution in [3.05, 3.63) is 46.1 Å². The molecule has 2 aromatic carbocycles. The lowest BCUT2D eigenvalue weighted by Crippen LogP contribution is -2.01. The maximum Gasteiger partial charge on any atom is 0.201 e. The van der Waals surface area contributed by atoms with Crippen molar-refractivity contribution >= 4 is 11.0 Å². The second-order valence-corrected chi connectivity index (χ2v) is 4.94. The molecular formula is C16H12O6. The van der Waals surface area contributed by atoms with E-state index >= 15 is 0 Å². The first-order valence-electron chi connectivity index (χ1n) is 6.40. The lowest BCUT2D eigenvalue weighted by atomic mass is 10.1. The van der Waals surface area contributed by atoms with Crippen molar-refractivity contribution in [3.8, 4) is 34.3 Å². The molecule has 3 aromatic rings. The van der Waals surface area contributed by atoms with Crippen LogP contribution in [0.1, 0.15) is 5.56 Å². The van der Waals surface area contributed by atoms with E-state index in [1.165, 1.54) is 12.1 Å². The molecule has 0 amide bonds. The molecule has 1 heterocycles. The highest BCUT2D eigenvalue weighted by atomic mass is 16.3. The van der Waals surface area contributed by atoms with Crippen LogP contribution in [0.4, 0.5) is 0 Å². The number of phenols is 4. The Kier molecular flexibility index (Phi) is 2.95. The van der Waals surface area contributed by atoms with Gasteiger partial charge in [-0.15, -0.1) is 0 Å². The SMILES string of the molecule is Cc1cc(-c2cc(=O)c3c(O)c(O)c(O)cc3o2)ccc1O. The first-order valence-corrected chi connectivity index (χ1v) is 6.40. The van der Waals surface area contributed by atoms with Gasteiger partial charge in [0.15, 0.2) is 16.9 Å². The average molecular weight is 300 g/mol. The minimum atomic E-state index is -0.770. The van der Waals surface area contributed by atoms with E-state index in [0.29, 0.717) is 11.1 Å². The summed E-state index contributed by atoms with van der Waals surface area (Å²) in [4.78, 5) is 12.1. The topological polar surface area (TPSA) is 111 Å². The summed E-state index contributed by atoms with van der Waals surface area (Å²) in [5.74, 6) is -1.76.